The Labute approximate surface area is 240 Å². The topological polar surface area (TPSA) is 194 Å². The summed E-state index contributed by atoms with van der Waals surface area (Å²) >= 11 is 2.11. The van der Waals surface area contributed by atoms with E-state index in [9.17, 15) is 23.9 Å². The van der Waals surface area contributed by atoms with Crippen molar-refractivity contribution in [3.8, 4) is 0 Å². The second-order valence-electron chi connectivity index (χ2n) is 8.99. The molecule has 0 aliphatic carbocycles. The lowest BCUT2D eigenvalue weighted by Gasteiger charge is -2.49. The van der Waals surface area contributed by atoms with Crippen LogP contribution in [0.25, 0.3) is 11.2 Å². The molecule has 18 heteroatoms. The maximum Gasteiger partial charge on any atom is 0.352 e. The number of fused-ring (bicyclic) bond motifs is 2. The lowest BCUT2D eigenvalue weighted by atomic mass is 10.0. The quantitative estimate of drug-likeness (QED) is 0.0681. The van der Waals surface area contributed by atoms with Gasteiger partial charge in [-0.15, -0.1) is 11.8 Å². The van der Waals surface area contributed by atoms with E-state index < -0.39 is 41.8 Å². The predicted octanol–water partition coefficient (Wildman–Crippen LogP) is -0.546. The zero-order valence-corrected chi connectivity index (χ0v) is 23.3. The lowest BCUT2D eigenvalue weighted by molar-refractivity contribution is -0.664. The number of aromatic nitrogens is 5. The van der Waals surface area contributed by atoms with Crippen LogP contribution >= 0.6 is 23.3 Å². The molecule has 3 aromatic heterocycles. The van der Waals surface area contributed by atoms with E-state index in [2.05, 4.69) is 35.0 Å². The van der Waals surface area contributed by atoms with Crippen molar-refractivity contribution in [1.82, 2.24) is 34.4 Å². The van der Waals surface area contributed by atoms with Crippen molar-refractivity contribution in [3.63, 3.8) is 0 Å². The largest absolute Gasteiger partial charge is 0.477 e. The number of thioether (sulfide) groups is 1. The molecule has 2 amide bonds. The molecule has 0 saturated carbocycles. The number of imidazole rings is 1. The second-order valence-corrected chi connectivity index (χ2v) is 10.9. The first-order valence-electron chi connectivity index (χ1n) is 12.4. The third-order valence-corrected chi connectivity index (χ3v) is 8.33. The first kappa shape index (κ1) is 28.4. The number of anilines is 1. The summed E-state index contributed by atoms with van der Waals surface area (Å²) < 4.78 is 20.3. The number of nitrogens with two attached hydrogens (primary N) is 1. The first-order valence-corrected chi connectivity index (χ1v) is 14.2. The fourth-order valence-corrected chi connectivity index (χ4v) is 6.41. The number of carboxylic acids is 1. The van der Waals surface area contributed by atoms with Crippen LogP contribution in [-0.4, -0.2) is 90.0 Å². The number of amides is 2. The highest BCUT2D eigenvalue weighted by molar-refractivity contribution is 8.00. The third kappa shape index (κ3) is 5.57. The molecule has 2 aliphatic heterocycles. The van der Waals surface area contributed by atoms with Crippen LogP contribution in [0.5, 0.6) is 0 Å². The molecule has 0 spiro atoms. The summed E-state index contributed by atoms with van der Waals surface area (Å²) in [4.78, 5) is 52.4. The van der Waals surface area contributed by atoms with Crippen LogP contribution in [0.1, 0.15) is 12.2 Å². The molecule has 0 bridgehead atoms. The third-order valence-electron chi connectivity index (χ3n) is 6.45. The van der Waals surface area contributed by atoms with Gasteiger partial charge in [0.15, 0.2) is 5.13 Å². The van der Waals surface area contributed by atoms with Crippen molar-refractivity contribution >= 4 is 63.1 Å². The summed E-state index contributed by atoms with van der Waals surface area (Å²) in [6, 6.07) is 2.77. The fourth-order valence-electron chi connectivity index (χ4n) is 4.64. The van der Waals surface area contributed by atoms with E-state index in [0.29, 0.717) is 17.0 Å². The van der Waals surface area contributed by atoms with Crippen LogP contribution in [0.15, 0.2) is 41.1 Å². The number of hydrogen-bond acceptors (Lipinski definition) is 12. The van der Waals surface area contributed by atoms with E-state index in [1.54, 1.807) is 6.33 Å². The molecule has 216 valence electrons. The van der Waals surface area contributed by atoms with Crippen molar-refractivity contribution in [1.29, 1.82) is 0 Å². The number of pyridine rings is 1. The average molecular weight is 606 g/mol. The van der Waals surface area contributed by atoms with E-state index in [0.717, 1.165) is 36.6 Å². The zero-order chi connectivity index (χ0) is 29.1. The number of nitrogen functional groups attached to an aromatic ring is 1. The molecule has 3 aromatic rings. The molecule has 15 nitrogen and oxygen atoms in total. The molecule has 1 fully saturated rings. The maximum atomic E-state index is 13.2. The minimum atomic E-state index is -1.30. The molecule has 5 heterocycles. The average Bonchev–Trinajstić information content (AvgIpc) is 3.58. The normalized spacial score (nSPS) is 18.8. The van der Waals surface area contributed by atoms with E-state index in [4.69, 9.17) is 5.73 Å². The van der Waals surface area contributed by atoms with Crippen LogP contribution in [-0.2, 0) is 32.3 Å². The summed E-state index contributed by atoms with van der Waals surface area (Å²) in [6.45, 7) is 0.542. The van der Waals surface area contributed by atoms with Gasteiger partial charge in [0.05, 0.1) is 6.20 Å². The molecular formula is C23H26FN10O5S2+. The van der Waals surface area contributed by atoms with Crippen LogP contribution < -0.4 is 20.9 Å². The number of nitrogens with one attached hydrogen (secondary N) is 2. The highest BCUT2D eigenvalue weighted by Crippen LogP contribution is 2.40. The number of alkyl halides is 1. The molecule has 5 rings (SSSR count). The number of carbonyl (C=O) groups excluding carboxylic acids is 2. The SMILES string of the molecule is CNCCCn1cnc2c1ccc[n+]2CC1=C(C(=O)O)N2C(=O)C(NC(=O)/C(=N\OCF)c3nsc(N)n3)C2SC1. The van der Waals surface area contributed by atoms with Crippen molar-refractivity contribution in [2.45, 2.75) is 30.9 Å². The van der Waals surface area contributed by atoms with E-state index in [1.807, 2.05) is 34.5 Å². The van der Waals surface area contributed by atoms with Crippen LogP contribution in [0.4, 0.5) is 9.52 Å². The van der Waals surface area contributed by atoms with Gasteiger partial charge in [0, 0.05) is 29.4 Å². The van der Waals surface area contributed by atoms with E-state index >= 15 is 0 Å². The highest BCUT2D eigenvalue weighted by atomic mass is 32.2. The number of carboxylic acid groups (broad SMARTS) is 1. The summed E-state index contributed by atoms with van der Waals surface area (Å²) in [5.74, 6) is -2.66. The van der Waals surface area contributed by atoms with Crippen LogP contribution in [0, 0.1) is 0 Å². The number of aliphatic carboxylic acids is 1. The molecule has 41 heavy (non-hydrogen) atoms. The highest BCUT2D eigenvalue weighted by Gasteiger charge is 2.54. The predicted molar refractivity (Wildman–Crippen MR) is 146 cm³/mol. The number of rotatable bonds is 12. The second kappa shape index (κ2) is 12.1. The lowest BCUT2D eigenvalue weighted by Crippen LogP contribution is -2.71. The van der Waals surface area contributed by atoms with Gasteiger partial charge in [-0.05, 0) is 37.1 Å². The standard InChI is InChI=1S/C23H25FN10O5S2/c1-26-5-3-7-33-11-27-18-13(33)4-2-6-32(18)8-12-9-40-21-15(20(36)34(21)16(12)22(37)38)28-19(35)14(30-39-10-24)17-29-23(25)41-31-17/h2,4,6,11,15,21,26H,3,5,7-10H2,1H3,(H3-,25,28,29,31,35,37,38)/p+1/b30-14-. The first-order chi connectivity index (χ1) is 19.8. The minimum absolute atomic E-state index is 0.0485. The van der Waals surface area contributed by atoms with Gasteiger partial charge < -0.3 is 30.9 Å². The molecule has 1 saturated heterocycles. The Bertz CT molecular complexity index is 1560. The fraction of sp³-hybridized carbons (Fsp3) is 0.391. The van der Waals surface area contributed by atoms with Gasteiger partial charge >= 0.3 is 11.6 Å². The molecular weight excluding hydrogens is 579 g/mol. The van der Waals surface area contributed by atoms with Gasteiger partial charge in [0.1, 0.15) is 29.2 Å². The van der Waals surface area contributed by atoms with Crippen molar-refractivity contribution in [3.05, 3.63) is 41.8 Å². The van der Waals surface area contributed by atoms with Crippen molar-refractivity contribution in [2.24, 2.45) is 5.16 Å². The number of nitrogens with zero attached hydrogens (tertiary/aromatic N) is 7. The summed E-state index contributed by atoms with van der Waals surface area (Å²) in [6.07, 6.45) is 4.49. The minimum Gasteiger partial charge on any atom is -0.477 e. The van der Waals surface area contributed by atoms with Gasteiger partial charge in [-0.2, -0.15) is 9.36 Å². The number of halogens is 1. The molecule has 0 aromatic carbocycles. The number of hydrogen-bond donors (Lipinski definition) is 4. The molecule has 0 radical (unpaired) electrons. The Morgan fingerprint density at radius 1 is 1.41 bits per heavy atom. The Morgan fingerprint density at radius 3 is 2.95 bits per heavy atom. The smallest absolute Gasteiger partial charge is 0.352 e. The summed E-state index contributed by atoms with van der Waals surface area (Å²) in [5.41, 5.74) is 7.11. The Balaban J connectivity index is 1.35. The molecule has 2 unspecified atom stereocenters. The van der Waals surface area contributed by atoms with Crippen molar-refractivity contribution in [2.75, 3.05) is 31.9 Å². The Hall–Kier alpha value is -4.16. The van der Waals surface area contributed by atoms with Gasteiger partial charge in [0.2, 0.25) is 17.9 Å². The van der Waals surface area contributed by atoms with Gasteiger partial charge in [-0.25, -0.2) is 13.8 Å². The molecule has 2 aliphatic rings. The Kier molecular flexibility index (Phi) is 8.41. The number of carbonyl (C=O) groups is 3. The zero-order valence-electron chi connectivity index (χ0n) is 21.7. The number of β-lactam (4-membered cyclic amide) rings is 1. The van der Waals surface area contributed by atoms with E-state index in [1.165, 1.54) is 16.7 Å². The summed E-state index contributed by atoms with van der Waals surface area (Å²) in [5, 5.41) is 18.5. The number of aryl methyl sites for hydroxylation is 1. The van der Waals surface area contributed by atoms with Gasteiger partial charge in [-0.3, -0.25) is 14.5 Å². The monoisotopic (exact) mass is 605 g/mol. The van der Waals surface area contributed by atoms with Gasteiger partial charge in [0.25, 0.3) is 18.7 Å². The molecule has 2 atom stereocenters. The van der Waals surface area contributed by atoms with Crippen LogP contribution in [0.2, 0.25) is 0 Å². The number of oxime groups is 1. The molecule has 5 N–H and O–H groups in total. The van der Waals surface area contributed by atoms with Gasteiger partial charge in [-0.1, -0.05) is 5.16 Å². The van der Waals surface area contributed by atoms with E-state index in [-0.39, 0.29) is 23.2 Å². The van der Waals surface area contributed by atoms with Crippen molar-refractivity contribution < 1.29 is 33.3 Å². The summed E-state index contributed by atoms with van der Waals surface area (Å²) in [7, 11) is 1.89. The Morgan fingerprint density at radius 2 is 2.24 bits per heavy atom. The maximum absolute atomic E-state index is 13.2. The van der Waals surface area contributed by atoms with Crippen LogP contribution in [0.3, 0.4) is 0 Å².